The van der Waals surface area contributed by atoms with Crippen LogP contribution in [0.2, 0.25) is 0 Å². The fourth-order valence-electron chi connectivity index (χ4n) is 2.84. The minimum Gasteiger partial charge on any atom is -0.350 e. The van der Waals surface area contributed by atoms with Gasteiger partial charge in [-0.3, -0.25) is 19.9 Å². The Labute approximate surface area is 171 Å². The van der Waals surface area contributed by atoms with Crippen molar-refractivity contribution in [2.24, 2.45) is 0 Å². The fourth-order valence-corrected chi connectivity index (χ4v) is 2.84. The first kappa shape index (κ1) is 18.9. The Morgan fingerprint density at radius 2 is 1.90 bits per heavy atom. The number of carbonyl (C=O) groups is 1. The van der Waals surface area contributed by atoms with Crippen LogP contribution in [-0.4, -0.2) is 30.6 Å². The van der Waals surface area contributed by atoms with Crippen molar-refractivity contribution in [3.63, 3.8) is 0 Å². The largest absolute Gasteiger partial charge is 0.350 e. The molecule has 0 saturated carbocycles. The number of rotatable bonds is 6. The maximum atomic E-state index is 13.1. The van der Waals surface area contributed by atoms with Crippen molar-refractivity contribution in [2.45, 2.75) is 6.54 Å². The Kier molecular flexibility index (Phi) is 5.25. The monoisotopic (exact) mass is 400 g/mol. The van der Waals surface area contributed by atoms with E-state index in [4.69, 9.17) is 0 Å². The normalized spacial score (nSPS) is 10.5. The van der Waals surface area contributed by atoms with E-state index in [-0.39, 0.29) is 17.2 Å². The molecule has 0 unspecified atom stereocenters. The fraction of sp³-hybridized carbons (Fsp3) is 0.0476. The van der Waals surface area contributed by atoms with Gasteiger partial charge in [0.1, 0.15) is 0 Å². The molecule has 30 heavy (non-hydrogen) atoms. The average Bonchev–Trinajstić information content (AvgIpc) is 3.23. The second-order valence-corrected chi connectivity index (χ2v) is 6.36. The highest BCUT2D eigenvalue weighted by Gasteiger charge is 2.20. The zero-order valence-corrected chi connectivity index (χ0v) is 15.7. The number of carbonyl (C=O) groups excluding carboxylic acids is 1. The van der Waals surface area contributed by atoms with Gasteiger partial charge in [0.15, 0.2) is 5.82 Å². The van der Waals surface area contributed by atoms with Gasteiger partial charge < -0.3 is 5.32 Å². The predicted molar refractivity (Wildman–Crippen MR) is 110 cm³/mol. The molecule has 0 atom stereocenters. The highest BCUT2D eigenvalue weighted by Crippen LogP contribution is 2.20. The third kappa shape index (κ3) is 4.04. The van der Waals surface area contributed by atoms with Gasteiger partial charge in [-0.05, 0) is 23.8 Å². The standard InChI is InChI=1S/C21H16N6O3/c28-20(16-8-4-10-18(12-16)27(29)30)26-21(23-13-15-6-2-1-3-7-15)24-19(25-26)17-9-5-11-22-14-17/h1-12,14H,13H2,(H,23,24,25). The summed E-state index contributed by atoms with van der Waals surface area (Å²) in [4.78, 5) is 32.1. The molecule has 0 radical (unpaired) electrons. The second kappa shape index (κ2) is 8.31. The van der Waals surface area contributed by atoms with Crippen LogP contribution in [0.5, 0.6) is 0 Å². The summed E-state index contributed by atoms with van der Waals surface area (Å²) >= 11 is 0. The number of nitro groups is 1. The van der Waals surface area contributed by atoms with Crippen LogP contribution in [0.1, 0.15) is 15.9 Å². The maximum Gasteiger partial charge on any atom is 0.281 e. The van der Waals surface area contributed by atoms with Gasteiger partial charge in [-0.15, -0.1) is 5.10 Å². The SMILES string of the molecule is O=C(c1cccc([N+](=O)[O-])c1)n1nc(-c2cccnc2)nc1NCc1ccccc1. The van der Waals surface area contributed by atoms with Crippen LogP contribution in [0.3, 0.4) is 0 Å². The molecule has 2 heterocycles. The van der Waals surface area contributed by atoms with Crippen molar-refractivity contribution >= 4 is 17.5 Å². The summed E-state index contributed by atoms with van der Waals surface area (Å²) in [5.74, 6) is 0.0172. The molecular formula is C21H16N6O3. The third-order valence-corrected chi connectivity index (χ3v) is 4.32. The number of hydrogen-bond acceptors (Lipinski definition) is 7. The van der Waals surface area contributed by atoms with Gasteiger partial charge in [0, 0.05) is 42.2 Å². The first-order valence-corrected chi connectivity index (χ1v) is 9.06. The Balaban J connectivity index is 1.71. The van der Waals surface area contributed by atoms with Crippen LogP contribution >= 0.6 is 0 Å². The average molecular weight is 400 g/mol. The summed E-state index contributed by atoms with van der Waals surface area (Å²) < 4.78 is 1.12. The molecule has 9 heteroatoms. The smallest absolute Gasteiger partial charge is 0.281 e. The molecule has 0 amide bonds. The van der Waals surface area contributed by atoms with Gasteiger partial charge in [0.25, 0.3) is 11.6 Å². The first-order valence-electron chi connectivity index (χ1n) is 9.06. The van der Waals surface area contributed by atoms with Crippen molar-refractivity contribution in [3.8, 4) is 11.4 Å². The molecule has 0 bridgehead atoms. The topological polar surface area (TPSA) is 116 Å². The number of nitrogens with one attached hydrogen (secondary N) is 1. The van der Waals surface area contributed by atoms with Gasteiger partial charge in [-0.25, -0.2) is 0 Å². The highest BCUT2D eigenvalue weighted by molar-refractivity contribution is 5.97. The van der Waals surface area contributed by atoms with Crippen LogP contribution < -0.4 is 5.32 Å². The summed E-state index contributed by atoms with van der Waals surface area (Å²) in [6.07, 6.45) is 3.22. The van der Waals surface area contributed by atoms with Crippen molar-refractivity contribution in [1.82, 2.24) is 19.7 Å². The number of pyridine rings is 1. The molecule has 0 saturated heterocycles. The molecule has 0 fully saturated rings. The molecule has 0 aliphatic carbocycles. The minimum absolute atomic E-state index is 0.134. The number of aromatic nitrogens is 4. The molecule has 4 aromatic rings. The zero-order valence-electron chi connectivity index (χ0n) is 15.7. The van der Waals surface area contributed by atoms with Crippen molar-refractivity contribution in [1.29, 1.82) is 0 Å². The van der Waals surface area contributed by atoms with Crippen molar-refractivity contribution < 1.29 is 9.72 Å². The van der Waals surface area contributed by atoms with Crippen molar-refractivity contribution in [3.05, 3.63) is 100 Å². The lowest BCUT2D eigenvalue weighted by Gasteiger charge is -2.07. The van der Waals surface area contributed by atoms with Crippen LogP contribution in [0, 0.1) is 10.1 Å². The summed E-state index contributed by atoms with van der Waals surface area (Å²) in [7, 11) is 0. The van der Waals surface area contributed by atoms with E-state index < -0.39 is 10.8 Å². The van der Waals surface area contributed by atoms with E-state index >= 15 is 0 Å². The Morgan fingerprint density at radius 3 is 2.63 bits per heavy atom. The maximum absolute atomic E-state index is 13.1. The highest BCUT2D eigenvalue weighted by atomic mass is 16.6. The van der Waals surface area contributed by atoms with Crippen molar-refractivity contribution in [2.75, 3.05) is 5.32 Å². The number of nitrogens with zero attached hydrogens (tertiary/aromatic N) is 5. The van der Waals surface area contributed by atoms with E-state index in [0.29, 0.717) is 17.9 Å². The number of benzene rings is 2. The predicted octanol–water partition coefficient (Wildman–Crippen LogP) is 3.55. The number of anilines is 1. The van der Waals surface area contributed by atoms with Crippen LogP contribution in [-0.2, 0) is 6.54 Å². The van der Waals surface area contributed by atoms with Gasteiger partial charge in [-0.2, -0.15) is 9.67 Å². The van der Waals surface area contributed by atoms with E-state index in [1.165, 1.54) is 24.3 Å². The summed E-state index contributed by atoms with van der Waals surface area (Å²) in [5, 5.41) is 18.5. The molecule has 9 nitrogen and oxygen atoms in total. The number of nitro benzene ring substituents is 1. The van der Waals surface area contributed by atoms with E-state index in [0.717, 1.165) is 10.2 Å². The Hall–Kier alpha value is -4.40. The third-order valence-electron chi connectivity index (χ3n) is 4.32. The summed E-state index contributed by atoms with van der Waals surface area (Å²) in [5.41, 5.74) is 1.60. The lowest BCUT2D eigenvalue weighted by Crippen LogP contribution is -2.17. The molecule has 4 rings (SSSR count). The summed E-state index contributed by atoms with van der Waals surface area (Å²) in [6, 6.07) is 18.7. The molecule has 0 aliphatic heterocycles. The summed E-state index contributed by atoms with van der Waals surface area (Å²) in [6.45, 7) is 0.425. The quantitative estimate of drug-likeness (QED) is 0.389. The Bertz CT molecular complexity index is 1190. The molecular weight excluding hydrogens is 384 g/mol. The van der Waals surface area contributed by atoms with Gasteiger partial charge in [0.2, 0.25) is 5.95 Å². The lowest BCUT2D eigenvalue weighted by molar-refractivity contribution is -0.384. The molecule has 2 aromatic heterocycles. The van der Waals surface area contributed by atoms with E-state index in [1.54, 1.807) is 24.5 Å². The van der Waals surface area contributed by atoms with E-state index in [1.807, 2.05) is 30.3 Å². The van der Waals surface area contributed by atoms with Gasteiger partial charge in [0.05, 0.1) is 4.92 Å². The van der Waals surface area contributed by atoms with Gasteiger partial charge >= 0.3 is 0 Å². The molecule has 0 spiro atoms. The van der Waals surface area contributed by atoms with Crippen LogP contribution in [0.25, 0.3) is 11.4 Å². The van der Waals surface area contributed by atoms with Gasteiger partial charge in [-0.1, -0.05) is 36.4 Å². The van der Waals surface area contributed by atoms with Crippen LogP contribution in [0.4, 0.5) is 11.6 Å². The molecule has 2 aromatic carbocycles. The van der Waals surface area contributed by atoms with E-state index in [9.17, 15) is 14.9 Å². The second-order valence-electron chi connectivity index (χ2n) is 6.36. The lowest BCUT2D eigenvalue weighted by atomic mass is 10.2. The minimum atomic E-state index is -0.548. The molecule has 148 valence electrons. The molecule has 1 N–H and O–H groups in total. The zero-order chi connectivity index (χ0) is 20.9. The molecule has 0 aliphatic rings. The Morgan fingerprint density at radius 1 is 1.07 bits per heavy atom. The number of hydrogen-bond donors (Lipinski definition) is 1. The first-order chi connectivity index (χ1) is 14.6. The van der Waals surface area contributed by atoms with E-state index in [2.05, 4.69) is 20.4 Å². The number of non-ortho nitro benzene ring substituents is 1. The van der Waals surface area contributed by atoms with Crippen LogP contribution in [0.15, 0.2) is 79.1 Å².